The van der Waals surface area contributed by atoms with Crippen LogP contribution in [0.2, 0.25) is 0 Å². The van der Waals surface area contributed by atoms with E-state index in [9.17, 15) is 0 Å². The van der Waals surface area contributed by atoms with Crippen molar-refractivity contribution in [2.75, 3.05) is 14.2 Å². The molecule has 1 aromatic carbocycles. The second-order valence-corrected chi connectivity index (χ2v) is 4.37. The summed E-state index contributed by atoms with van der Waals surface area (Å²) in [6, 6.07) is 7.83. The van der Waals surface area contributed by atoms with Crippen LogP contribution in [0.1, 0.15) is 6.92 Å². The molecule has 0 aliphatic carbocycles. The Hall–Kier alpha value is -2.01. The topological polar surface area (TPSA) is 48.3 Å². The van der Waals surface area contributed by atoms with Crippen molar-refractivity contribution in [1.82, 2.24) is 15.1 Å². The van der Waals surface area contributed by atoms with Gasteiger partial charge in [-0.3, -0.25) is 4.68 Å². The Labute approximate surface area is 113 Å². The van der Waals surface area contributed by atoms with Crippen molar-refractivity contribution in [1.29, 1.82) is 0 Å². The minimum absolute atomic E-state index is 0.369. The van der Waals surface area contributed by atoms with Gasteiger partial charge in [0.1, 0.15) is 11.5 Å². The van der Waals surface area contributed by atoms with Crippen LogP contribution < -0.4 is 14.8 Å². The molecule has 2 aromatic rings. The first-order chi connectivity index (χ1) is 9.21. The summed E-state index contributed by atoms with van der Waals surface area (Å²) < 4.78 is 12.7. The molecule has 1 aromatic heterocycles. The van der Waals surface area contributed by atoms with E-state index < -0.39 is 0 Å². The Balaban J connectivity index is 1.98. The fourth-order valence-electron chi connectivity index (χ4n) is 1.65. The highest BCUT2D eigenvalue weighted by atomic mass is 16.5. The van der Waals surface area contributed by atoms with Crippen LogP contribution in [-0.4, -0.2) is 30.0 Å². The van der Waals surface area contributed by atoms with Gasteiger partial charge in [-0.15, -0.1) is 0 Å². The average Bonchev–Trinajstić information content (AvgIpc) is 2.86. The summed E-state index contributed by atoms with van der Waals surface area (Å²) in [5.41, 5.74) is 0. The van der Waals surface area contributed by atoms with Crippen LogP contribution in [0.3, 0.4) is 0 Å². The van der Waals surface area contributed by atoms with Crippen molar-refractivity contribution in [3.05, 3.63) is 36.7 Å². The van der Waals surface area contributed by atoms with Crippen molar-refractivity contribution in [2.24, 2.45) is 0 Å². The van der Waals surface area contributed by atoms with Gasteiger partial charge in [0.25, 0.3) is 0 Å². The predicted octanol–water partition coefficient (Wildman–Crippen LogP) is 2.29. The smallest absolute Gasteiger partial charge is 0.165 e. The molecule has 102 valence electrons. The molecule has 0 bridgehead atoms. The van der Waals surface area contributed by atoms with E-state index >= 15 is 0 Å². The average molecular weight is 261 g/mol. The molecule has 1 unspecified atom stereocenters. The number of rotatable bonds is 6. The van der Waals surface area contributed by atoms with Gasteiger partial charge in [-0.25, -0.2) is 0 Å². The minimum atomic E-state index is 0.369. The molecule has 0 radical (unpaired) electrons. The third kappa shape index (κ3) is 3.72. The lowest BCUT2D eigenvalue weighted by molar-refractivity contribution is 0.412. The molecule has 5 heteroatoms. The number of likely N-dealkylation sites (N-methyl/N-ethyl adjacent to an activating group) is 1. The molecule has 0 aliphatic heterocycles. The first kappa shape index (κ1) is 13.4. The van der Waals surface area contributed by atoms with Gasteiger partial charge in [-0.1, -0.05) is 0 Å². The van der Waals surface area contributed by atoms with E-state index in [1.54, 1.807) is 13.3 Å². The Kier molecular flexibility index (Phi) is 4.41. The lowest BCUT2D eigenvalue weighted by atomic mass is 10.3. The molecule has 1 atom stereocenters. The molecule has 0 aliphatic rings. The number of hydrogen-bond acceptors (Lipinski definition) is 4. The Morgan fingerprint density at radius 3 is 2.53 bits per heavy atom. The summed E-state index contributed by atoms with van der Waals surface area (Å²) >= 11 is 0. The second kappa shape index (κ2) is 6.24. The van der Waals surface area contributed by atoms with E-state index in [-0.39, 0.29) is 0 Å². The number of nitrogens with zero attached hydrogens (tertiary/aromatic N) is 2. The molecule has 0 fully saturated rings. The van der Waals surface area contributed by atoms with E-state index in [4.69, 9.17) is 9.47 Å². The first-order valence-electron chi connectivity index (χ1n) is 6.23. The fourth-order valence-corrected chi connectivity index (χ4v) is 1.65. The van der Waals surface area contributed by atoms with Crippen LogP contribution in [0.5, 0.6) is 17.2 Å². The van der Waals surface area contributed by atoms with Crippen LogP contribution in [0, 0.1) is 0 Å². The maximum absolute atomic E-state index is 5.71. The van der Waals surface area contributed by atoms with E-state index in [1.807, 2.05) is 42.2 Å². The van der Waals surface area contributed by atoms with Crippen LogP contribution in [0.4, 0.5) is 0 Å². The van der Waals surface area contributed by atoms with Gasteiger partial charge in [-0.2, -0.15) is 5.10 Å². The molecule has 2 rings (SSSR count). The van der Waals surface area contributed by atoms with Crippen LogP contribution in [0.25, 0.3) is 0 Å². The van der Waals surface area contributed by atoms with Crippen LogP contribution in [-0.2, 0) is 6.54 Å². The second-order valence-electron chi connectivity index (χ2n) is 4.37. The highest BCUT2D eigenvalue weighted by Crippen LogP contribution is 2.23. The molecule has 0 saturated heterocycles. The number of nitrogens with one attached hydrogen (secondary N) is 1. The number of hydrogen-bond donors (Lipinski definition) is 1. The zero-order chi connectivity index (χ0) is 13.7. The lowest BCUT2D eigenvalue weighted by Crippen LogP contribution is -2.26. The van der Waals surface area contributed by atoms with Crippen molar-refractivity contribution < 1.29 is 9.47 Å². The first-order valence-corrected chi connectivity index (χ1v) is 6.23. The van der Waals surface area contributed by atoms with Crippen molar-refractivity contribution in [2.45, 2.75) is 19.5 Å². The van der Waals surface area contributed by atoms with E-state index in [0.29, 0.717) is 6.04 Å². The normalized spacial score (nSPS) is 12.2. The van der Waals surface area contributed by atoms with Gasteiger partial charge in [0, 0.05) is 6.04 Å². The Morgan fingerprint density at radius 2 is 1.89 bits per heavy atom. The number of methoxy groups -OCH3 is 1. The molecule has 19 heavy (non-hydrogen) atoms. The Bertz CT molecular complexity index is 508. The number of benzene rings is 1. The zero-order valence-corrected chi connectivity index (χ0v) is 11.5. The summed E-state index contributed by atoms with van der Waals surface area (Å²) in [6.07, 6.45) is 3.60. The molecule has 1 N–H and O–H groups in total. The maximum atomic E-state index is 5.71. The minimum Gasteiger partial charge on any atom is -0.497 e. The lowest BCUT2D eigenvalue weighted by Gasteiger charge is -2.09. The molecule has 0 saturated carbocycles. The van der Waals surface area contributed by atoms with Gasteiger partial charge < -0.3 is 14.8 Å². The SMILES string of the molecule is CNC(C)Cn1cc(Oc2ccc(OC)cc2)cn1. The van der Waals surface area contributed by atoms with Gasteiger partial charge in [0.15, 0.2) is 5.75 Å². The molecule has 0 spiro atoms. The summed E-state index contributed by atoms with van der Waals surface area (Å²) in [7, 11) is 3.58. The van der Waals surface area contributed by atoms with Gasteiger partial charge in [-0.05, 0) is 38.2 Å². The molecule has 1 heterocycles. The number of aromatic nitrogens is 2. The van der Waals surface area contributed by atoms with E-state index in [2.05, 4.69) is 17.3 Å². The van der Waals surface area contributed by atoms with Crippen molar-refractivity contribution in [3.8, 4) is 17.2 Å². The van der Waals surface area contributed by atoms with E-state index in [0.717, 1.165) is 23.8 Å². The molecular formula is C14H19N3O2. The summed E-state index contributed by atoms with van der Waals surface area (Å²) in [4.78, 5) is 0. The highest BCUT2D eigenvalue weighted by Gasteiger charge is 2.04. The quantitative estimate of drug-likeness (QED) is 0.866. The molecule has 5 nitrogen and oxygen atoms in total. The largest absolute Gasteiger partial charge is 0.497 e. The highest BCUT2D eigenvalue weighted by molar-refractivity contribution is 5.34. The molecular weight excluding hydrogens is 242 g/mol. The maximum Gasteiger partial charge on any atom is 0.165 e. The zero-order valence-electron chi connectivity index (χ0n) is 11.5. The van der Waals surface area contributed by atoms with Crippen LogP contribution >= 0.6 is 0 Å². The third-order valence-corrected chi connectivity index (χ3v) is 2.86. The van der Waals surface area contributed by atoms with Crippen molar-refractivity contribution in [3.63, 3.8) is 0 Å². The van der Waals surface area contributed by atoms with Crippen molar-refractivity contribution >= 4 is 0 Å². The molecule has 0 amide bonds. The van der Waals surface area contributed by atoms with Gasteiger partial charge in [0.05, 0.1) is 26.0 Å². The Morgan fingerprint density at radius 1 is 1.21 bits per heavy atom. The van der Waals surface area contributed by atoms with Gasteiger partial charge >= 0.3 is 0 Å². The van der Waals surface area contributed by atoms with Gasteiger partial charge in [0.2, 0.25) is 0 Å². The standard InChI is InChI=1S/C14H19N3O2/c1-11(15-2)9-17-10-14(8-16-17)19-13-6-4-12(18-3)5-7-13/h4-8,10-11,15H,9H2,1-3H3. The van der Waals surface area contributed by atoms with Crippen LogP contribution in [0.15, 0.2) is 36.7 Å². The monoisotopic (exact) mass is 261 g/mol. The predicted molar refractivity (Wildman–Crippen MR) is 73.8 cm³/mol. The summed E-state index contributed by atoms with van der Waals surface area (Å²) in [6.45, 7) is 2.91. The number of ether oxygens (including phenoxy) is 2. The fraction of sp³-hybridized carbons (Fsp3) is 0.357. The van der Waals surface area contributed by atoms with E-state index in [1.165, 1.54) is 0 Å². The third-order valence-electron chi connectivity index (χ3n) is 2.86. The summed E-state index contributed by atoms with van der Waals surface area (Å²) in [5, 5.41) is 7.43. The summed E-state index contributed by atoms with van der Waals surface area (Å²) in [5.74, 6) is 2.31.